The summed E-state index contributed by atoms with van der Waals surface area (Å²) in [7, 11) is 0. The Morgan fingerprint density at radius 1 is 1.47 bits per heavy atom. The van der Waals surface area contributed by atoms with E-state index in [2.05, 4.69) is 24.1 Å². The van der Waals surface area contributed by atoms with E-state index in [1.807, 2.05) is 0 Å². The zero-order valence-corrected chi connectivity index (χ0v) is 12.5. The van der Waals surface area contributed by atoms with E-state index < -0.39 is 0 Å². The van der Waals surface area contributed by atoms with E-state index in [1.54, 1.807) is 6.92 Å². The maximum atomic E-state index is 11.0. The molecule has 1 rings (SSSR count). The van der Waals surface area contributed by atoms with Crippen LogP contribution in [0.2, 0.25) is 0 Å². The van der Waals surface area contributed by atoms with Crippen LogP contribution in [0, 0.1) is 5.92 Å². The van der Waals surface area contributed by atoms with Gasteiger partial charge < -0.3 is 19.7 Å². The number of carbonyl (C=O) groups is 1. The van der Waals surface area contributed by atoms with Crippen LogP contribution in [0.3, 0.4) is 0 Å². The summed E-state index contributed by atoms with van der Waals surface area (Å²) in [5.74, 6) is 0.457. The third-order valence-electron chi connectivity index (χ3n) is 3.43. The maximum Gasteiger partial charge on any atom is 0.332 e. The molecule has 1 aliphatic rings. The van der Waals surface area contributed by atoms with Gasteiger partial charge in [-0.05, 0) is 46.2 Å². The van der Waals surface area contributed by atoms with Crippen LogP contribution in [0.4, 0.5) is 0 Å². The number of nitrogens with zero attached hydrogens (tertiary/aromatic N) is 1. The van der Waals surface area contributed by atoms with Crippen molar-refractivity contribution in [2.45, 2.75) is 33.2 Å². The number of hydrogen-bond donors (Lipinski definition) is 1. The van der Waals surface area contributed by atoms with Crippen LogP contribution in [0.1, 0.15) is 27.2 Å². The predicted molar refractivity (Wildman–Crippen MR) is 75.1 cm³/mol. The summed E-state index contributed by atoms with van der Waals surface area (Å²) >= 11 is 0. The summed E-state index contributed by atoms with van der Waals surface area (Å²) in [5, 5.41) is 3.39. The van der Waals surface area contributed by atoms with Crippen LogP contribution in [0.25, 0.3) is 0 Å². The lowest BCUT2D eigenvalue weighted by molar-refractivity contribution is -0.148. The van der Waals surface area contributed by atoms with Gasteiger partial charge in [0.05, 0.1) is 13.2 Å². The van der Waals surface area contributed by atoms with Crippen molar-refractivity contribution in [3.05, 3.63) is 0 Å². The quantitative estimate of drug-likeness (QED) is 0.499. The smallest absolute Gasteiger partial charge is 0.332 e. The molecule has 0 aliphatic carbocycles. The van der Waals surface area contributed by atoms with Gasteiger partial charge in [-0.2, -0.15) is 0 Å². The molecule has 1 fully saturated rings. The minimum Gasteiger partial charge on any atom is -0.464 e. The molecule has 1 saturated heterocycles. The molecule has 1 atom stereocenters. The minimum absolute atomic E-state index is 0.0556. The van der Waals surface area contributed by atoms with Gasteiger partial charge in [0, 0.05) is 19.1 Å². The van der Waals surface area contributed by atoms with Crippen LogP contribution < -0.4 is 5.32 Å². The lowest BCUT2D eigenvalue weighted by atomic mass is 10.1. The molecule has 0 aromatic carbocycles. The van der Waals surface area contributed by atoms with Crippen molar-refractivity contribution in [2.24, 2.45) is 5.92 Å². The molecule has 0 saturated carbocycles. The van der Waals surface area contributed by atoms with Crippen molar-refractivity contribution in [2.75, 3.05) is 46.0 Å². The fourth-order valence-electron chi connectivity index (χ4n) is 2.31. The molecule has 1 heterocycles. The summed E-state index contributed by atoms with van der Waals surface area (Å²) in [6.45, 7) is 11.5. The van der Waals surface area contributed by atoms with Gasteiger partial charge in [-0.1, -0.05) is 0 Å². The van der Waals surface area contributed by atoms with E-state index in [0.29, 0.717) is 19.3 Å². The molecule has 1 unspecified atom stereocenters. The Labute approximate surface area is 116 Å². The molecule has 112 valence electrons. The molecule has 0 radical (unpaired) electrons. The highest BCUT2D eigenvalue weighted by molar-refractivity contribution is 5.70. The molecule has 1 N–H and O–H groups in total. The Balaban J connectivity index is 1.93. The monoisotopic (exact) mass is 272 g/mol. The second-order valence-electron chi connectivity index (χ2n) is 5.31. The van der Waals surface area contributed by atoms with Gasteiger partial charge in [0.15, 0.2) is 0 Å². The third kappa shape index (κ3) is 6.89. The second-order valence-corrected chi connectivity index (χ2v) is 5.31. The Kier molecular flexibility index (Phi) is 8.02. The highest BCUT2D eigenvalue weighted by Gasteiger charge is 2.23. The van der Waals surface area contributed by atoms with Crippen LogP contribution in [0.5, 0.6) is 0 Å². The van der Waals surface area contributed by atoms with E-state index in [0.717, 1.165) is 19.0 Å². The van der Waals surface area contributed by atoms with E-state index >= 15 is 0 Å². The number of carbonyl (C=O) groups excluding carboxylic acids is 1. The first kappa shape index (κ1) is 16.4. The number of ether oxygens (including phenoxy) is 2. The lowest BCUT2D eigenvalue weighted by Crippen LogP contribution is -2.31. The van der Waals surface area contributed by atoms with Gasteiger partial charge >= 0.3 is 5.97 Å². The average Bonchev–Trinajstić information content (AvgIpc) is 2.83. The number of hydrogen-bond acceptors (Lipinski definition) is 5. The topological polar surface area (TPSA) is 50.8 Å². The molecule has 0 bridgehead atoms. The highest BCUT2D eigenvalue weighted by Crippen LogP contribution is 2.17. The van der Waals surface area contributed by atoms with Crippen molar-refractivity contribution in [3.63, 3.8) is 0 Å². The highest BCUT2D eigenvalue weighted by atomic mass is 16.6. The van der Waals surface area contributed by atoms with Gasteiger partial charge in [0.25, 0.3) is 0 Å². The zero-order valence-electron chi connectivity index (χ0n) is 12.5. The largest absolute Gasteiger partial charge is 0.464 e. The third-order valence-corrected chi connectivity index (χ3v) is 3.43. The van der Waals surface area contributed by atoms with Crippen molar-refractivity contribution in [1.82, 2.24) is 10.2 Å². The van der Waals surface area contributed by atoms with Crippen molar-refractivity contribution in [1.29, 1.82) is 0 Å². The van der Waals surface area contributed by atoms with Gasteiger partial charge in [-0.3, -0.25) is 0 Å². The van der Waals surface area contributed by atoms with Crippen molar-refractivity contribution in [3.8, 4) is 0 Å². The SMILES string of the molecule is CCOC(=O)COCCNCC1CCN(C(C)C)C1. The molecule has 19 heavy (non-hydrogen) atoms. The van der Waals surface area contributed by atoms with Crippen LogP contribution >= 0.6 is 0 Å². The van der Waals surface area contributed by atoms with Crippen LogP contribution in [0.15, 0.2) is 0 Å². The molecule has 5 heteroatoms. The number of likely N-dealkylation sites (tertiary alicyclic amines) is 1. The average molecular weight is 272 g/mol. The van der Waals surface area contributed by atoms with Crippen molar-refractivity contribution < 1.29 is 14.3 Å². The van der Waals surface area contributed by atoms with Gasteiger partial charge in [0.2, 0.25) is 0 Å². The summed E-state index contributed by atoms with van der Waals surface area (Å²) in [6, 6.07) is 0.651. The summed E-state index contributed by atoms with van der Waals surface area (Å²) in [4.78, 5) is 13.5. The second kappa shape index (κ2) is 9.28. The van der Waals surface area contributed by atoms with Crippen molar-refractivity contribution >= 4 is 5.97 Å². The zero-order chi connectivity index (χ0) is 14.1. The van der Waals surface area contributed by atoms with Crippen LogP contribution in [-0.4, -0.2) is 62.9 Å². The Morgan fingerprint density at radius 2 is 2.26 bits per heavy atom. The van der Waals surface area contributed by atoms with E-state index in [4.69, 9.17) is 9.47 Å². The Morgan fingerprint density at radius 3 is 2.89 bits per heavy atom. The van der Waals surface area contributed by atoms with E-state index in [9.17, 15) is 4.79 Å². The molecule has 0 aromatic rings. The maximum absolute atomic E-state index is 11.0. The fourth-order valence-corrected chi connectivity index (χ4v) is 2.31. The molecular weight excluding hydrogens is 244 g/mol. The molecule has 0 amide bonds. The molecule has 1 aliphatic heterocycles. The van der Waals surface area contributed by atoms with E-state index in [1.165, 1.54) is 19.5 Å². The normalized spacial score (nSPS) is 20.1. The fraction of sp³-hybridized carbons (Fsp3) is 0.929. The minimum atomic E-state index is -0.286. The number of esters is 1. The van der Waals surface area contributed by atoms with Gasteiger partial charge in [0.1, 0.15) is 6.61 Å². The summed E-state index contributed by atoms with van der Waals surface area (Å²) in [6.07, 6.45) is 1.27. The standard InChI is InChI=1S/C14H28N2O3/c1-4-19-14(17)11-18-8-6-15-9-13-5-7-16(10-13)12(2)3/h12-13,15H,4-11H2,1-3H3. The molecule has 0 aromatic heterocycles. The Bertz CT molecular complexity index is 259. The van der Waals surface area contributed by atoms with Gasteiger partial charge in [-0.15, -0.1) is 0 Å². The predicted octanol–water partition coefficient (Wildman–Crippen LogP) is 0.886. The molecular formula is C14H28N2O3. The first-order valence-corrected chi connectivity index (χ1v) is 7.31. The summed E-state index contributed by atoms with van der Waals surface area (Å²) in [5.41, 5.74) is 0. The molecule has 5 nitrogen and oxygen atoms in total. The van der Waals surface area contributed by atoms with Gasteiger partial charge in [-0.25, -0.2) is 4.79 Å². The number of nitrogens with one attached hydrogen (secondary N) is 1. The first-order chi connectivity index (χ1) is 9.13. The van der Waals surface area contributed by atoms with E-state index in [-0.39, 0.29) is 12.6 Å². The number of rotatable bonds is 9. The first-order valence-electron chi connectivity index (χ1n) is 7.31. The lowest BCUT2D eigenvalue weighted by Gasteiger charge is -2.20. The van der Waals surface area contributed by atoms with Crippen LogP contribution in [-0.2, 0) is 14.3 Å². The Hall–Kier alpha value is -0.650. The molecule has 0 spiro atoms. The summed E-state index contributed by atoms with van der Waals surface area (Å²) < 4.78 is 10.00.